The zero-order valence-corrected chi connectivity index (χ0v) is 13.7. The van der Waals surface area contributed by atoms with Gasteiger partial charge in [-0.05, 0) is 51.0 Å². The van der Waals surface area contributed by atoms with E-state index >= 15 is 0 Å². The van der Waals surface area contributed by atoms with Gasteiger partial charge in [-0.15, -0.1) is 0 Å². The lowest BCUT2D eigenvalue weighted by atomic mass is 10.2. The highest BCUT2D eigenvalue weighted by Gasteiger charge is 2.03. The largest absolute Gasteiger partial charge is 0.396 e. The molecule has 0 N–H and O–H groups in total. The van der Waals surface area contributed by atoms with Crippen LogP contribution in [0.15, 0.2) is 41.6 Å². The van der Waals surface area contributed by atoms with Crippen molar-refractivity contribution in [1.82, 2.24) is 9.97 Å². The molecule has 0 fully saturated rings. The summed E-state index contributed by atoms with van der Waals surface area (Å²) < 4.78 is 0. The molecule has 5 heteroatoms. The Kier molecular flexibility index (Phi) is 5.97. The van der Waals surface area contributed by atoms with Gasteiger partial charge < -0.3 is 4.84 Å². The van der Waals surface area contributed by atoms with E-state index in [9.17, 15) is 4.79 Å². The van der Waals surface area contributed by atoms with Crippen molar-refractivity contribution in [3.8, 4) is 0 Å². The summed E-state index contributed by atoms with van der Waals surface area (Å²) in [6.45, 7) is 5.83. The molecule has 0 aliphatic rings. The van der Waals surface area contributed by atoms with Crippen molar-refractivity contribution in [3.05, 3.63) is 59.2 Å². The van der Waals surface area contributed by atoms with E-state index in [2.05, 4.69) is 15.1 Å². The molecule has 2 aromatic rings. The van der Waals surface area contributed by atoms with E-state index in [1.54, 1.807) is 6.07 Å². The zero-order valence-electron chi connectivity index (χ0n) is 13.7. The van der Waals surface area contributed by atoms with Crippen LogP contribution < -0.4 is 0 Å². The van der Waals surface area contributed by atoms with Crippen molar-refractivity contribution in [3.63, 3.8) is 0 Å². The molecule has 0 aliphatic carbocycles. The quantitative estimate of drug-likeness (QED) is 0.340. The summed E-state index contributed by atoms with van der Waals surface area (Å²) in [5.41, 5.74) is 3.92. The van der Waals surface area contributed by atoms with Crippen molar-refractivity contribution >= 4 is 11.5 Å². The highest BCUT2D eigenvalue weighted by atomic mass is 16.6. The van der Waals surface area contributed by atoms with E-state index in [0.717, 1.165) is 35.6 Å². The number of oxime groups is 1. The number of hydrogen-bond acceptors (Lipinski definition) is 5. The number of nitrogens with zero attached hydrogens (tertiary/aromatic N) is 3. The van der Waals surface area contributed by atoms with E-state index in [1.807, 2.05) is 44.2 Å². The molecule has 0 amide bonds. The van der Waals surface area contributed by atoms with Crippen molar-refractivity contribution in [2.75, 3.05) is 6.61 Å². The van der Waals surface area contributed by atoms with Gasteiger partial charge >= 0.3 is 0 Å². The SMILES string of the molecule is CC(=O)c1cccc(CCCON=C(C)c2cccc(C)n2)n1. The Balaban J connectivity index is 1.80. The summed E-state index contributed by atoms with van der Waals surface area (Å²) in [7, 11) is 0. The van der Waals surface area contributed by atoms with Crippen LogP contribution in [0.4, 0.5) is 0 Å². The first-order valence-corrected chi connectivity index (χ1v) is 7.63. The van der Waals surface area contributed by atoms with Crippen LogP contribution in [-0.4, -0.2) is 28.1 Å². The third-order valence-electron chi connectivity index (χ3n) is 3.30. The Morgan fingerprint density at radius 1 is 1.09 bits per heavy atom. The standard InChI is InChI=1S/C18H21N3O2/c1-13-7-4-10-17(19-13)14(2)21-23-12-6-9-16-8-5-11-18(20-16)15(3)22/h4-5,7-8,10-11H,6,9,12H2,1-3H3. The molecule has 2 aromatic heterocycles. The average Bonchev–Trinajstić information content (AvgIpc) is 2.54. The molecule has 0 aromatic carbocycles. The molecule has 2 rings (SSSR count). The molecule has 0 saturated heterocycles. The van der Waals surface area contributed by atoms with Crippen LogP contribution in [0.25, 0.3) is 0 Å². The van der Waals surface area contributed by atoms with Crippen LogP contribution in [0.5, 0.6) is 0 Å². The number of hydrogen-bond donors (Lipinski definition) is 0. The summed E-state index contributed by atoms with van der Waals surface area (Å²) >= 11 is 0. The van der Waals surface area contributed by atoms with Gasteiger partial charge in [-0.3, -0.25) is 9.78 Å². The predicted molar refractivity (Wildman–Crippen MR) is 89.7 cm³/mol. The zero-order chi connectivity index (χ0) is 16.7. The highest BCUT2D eigenvalue weighted by Crippen LogP contribution is 2.04. The second kappa shape index (κ2) is 8.17. The fourth-order valence-electron chi connectivity index (χ4n) is 2.07. The molecule has 5 nitrogen and oxygen atoms in total. The number of ketones is 1. The Morgan fingerprint density at radius 2 is 1.83 bits per heavy atom. The first-order chi connectivity index (χ1) is 11.1. The monoisotopic (exact) mass is 311 g/mol. The van der Waals surface area contributed by atoms with Gasteiger partial charge in [-0.2, -0.15) is 0 Å². The normalized spacial score (nSPS) is 11.3. The van der Waals surface area contributed by atoms with Gasteiger partial charge in [0.05, 0.1) is 5.69 Å². The molecule has 0 aliphatic heterocycles. The number of carbonyl (C=O) groups excluding carboxylic acids is 1. The Hall–Kier alpha value is -2.56. The van der Waals surface area contributed by atoms with E-state index in [1.165, 1.54) is 6.92 Å². The molecule has 2 heterocycles. The van der Waals surface area contributed by atoms with Gasteiger partial charge in [0.15, 0.2) is 5.78 Å². The first kappa shape index (κ1) is 16.8. The van der Waals surface area contributed by atoms with Gasteiger partial charge in [0.1, 0.15) is 18.0 Å². The maximum absolute atomic E-state index is 11.3. The van der Waals surface area contributed by atoms with Crippen LogP contribution in [0.2, 0.25) is 0 Å². The third kappa shape index (κ3) is 5.29. The van der Waals surface area contributed by atoms with Crippen molar-refractivity contribution in [2.24, 2.45) is 5.16 Å². The number of aryl methyl sites for hydroxylation is 2. The minimum atomic E-state index is -0.0195. The van der Waals surface area contributed by atoms with Crippen molar-refractivity contribution < 1.29 is 9.63 Å². The van der Waals surface area contributed by atoms with Gasteiger partial charge in [-0.1, -0.05) is 17.3 Å². The van der Waals surface area contributed by atoms with E-state index in [-0.39, 0.29) is 5.78 Å². The number of Topliss-reactive ketones (excluding diaryl/α,β-unsaturated/α-hetero) is 1. The second-order valence-electron chi connectivity index (χ2n) is 5.35. The Bertz CT molecular complexity index is 711. The molecule has 0 atom stereocenters. The lowest BCUT2D eigenvalue weighted by molar-refractivity contribution is 0.101. The molecule has 120 valence electrons. The van der Waals surface area contributed by atoms with Crippen LogP contribution >= 0.6 is 0 Å². The number of pyridine rings is 2. The summed E-state index contributed by atoms with van der Waals surface area (Å²) in [6.07, 6.45) is 1.53. The Labute approximate surface area is 136 Å². The molecular formula is C18H21N3O2. The van der Waals surface area contributed by atoms with Crippen LogP contribution in [0.3, 0.4) is 0 Å². The summed E-state index contributed by atoms with van der Waals surface area (Å²) in [6, 6.07) is 11.3. The van der Waals surface area contributed by atoms with E-state index < -0.39 is 0 Å². The van der Waals surface area contributed by atoms with Gasteiger partial charge in [-0.25, -0.2) is 4.98 Å². The molecule has 0 bridgehead atoms. The second-order valence-corrected chi connectivity index (χ2v) is 5.35. The number of aromatic nitrogens is 2. The highest BCUT2D eigenvalue weighted by molar-refractivity contribution is 5.96. The third-order valence-corrected chi connectivity index (χ3v) is 3.30. The summed E-state index contributed by atoms with van der Waals surface area (Å²) in [5, 5.41) is 4.09. The minimum Gasteiger partial charge on any atom is -0.396 e. The maximum atomic E-state index is 11.3. The Morgan fingerprint density at radius 3 is 2.57 bits per heavy atom. The summed E-state index contributed by atoms with van der Waals surface area (Å²) in [4.78, 5) is 25.3. The predicted octanol–water partition coefficient (Wildman–Crippen LogP) is 3.36. The molecular weight excluding hydrogens is 290 g/mol. The number of carbonyl (C=O) groups is 1. The average molecular weight is 311 g/mol. The molecule has 0 spiro atoms. The van der Waals surface area contributed by atoms with Gasteiger partial charge in [0.2, 0.25) is 0 Å². The van der Waals surface area contributed by atoms with Gasteiger partial charge in [0, 0.05) is 18.3 Å². The van der Waals surface area contributed by atoms with Gasteiger partial charge in [0.25, 0.3) is 0 Å². The minimum absolute atomic E-state index is 0.0195. The van der Waals surface area contributed by atoms with E-state index in [4.69, 9.17) is 4.84 Å². The van der Waals surface area contributed by atoms with E-state index in [0.29, 0.717) is 12.3 Å². The van der Waals surface area contributed by atoms with Crippen LogP contribution in [0, 0.1) is 6.92 Å². The first-order valence-electron chi connectivity index (χ1n) is 7.63. The fourth-order valence-corrected chi connectivity index (χ4v) is 2.07. The molecule has 23 heavy (non-hydrogen) atoms. The van der Waals surface area contributed by atoms with Crippen molar-refractivity contribution in [1.29, 1.82) is 0 Å². The fraction of sp³-hybridized carbons (Fsp3) is 0.333. The lowest BCUT2D eigenvalue weighted by Gasteiger charge is -2.04. The smallest absolute Gasteiger partial charge is 0.178 e. The van der Waals surface area contributed by atoms with Crippen LogP contribution in [0.1, 0.15) is 47.8 Å². The topological polar surface area (TPSA) is 64.4 Å². The molecule has 0 unspecified atom stereocenters. The molecule has 0 saturated carbocycles. The maximum Gasteiger partial charge on any atom is 0.178 e. The summed E-state index contributed by atoms with van der Waals surface area (Å²) in [5.74, 6) is -0.0195. The van der Waals surface area contributed by atoms with Crippen LogP contribution in [-0.2, 0) is 11.3 Å². The molecule has 0 radical (unpaired) electrons. The number of rotatable bonds is 7. The lowest BCUT2D eigenvalue weighted by Crippen LogP contribution is -2.03. The van der Waals surface area contributed by atoms with Crippen molar-refractivity contribution in [2.45, 2.75) is 33.6 Å².